The minimum atomic E-state index is -1.56. The second-order valence-electron chi connectivity index (χ2n) is 16.5. The molecule has 1 saturated heterocycles. The summed E-state index contributed by atoms with van der Waals surface area (Å²) in [5.74, 6) is -0.403. The first-order valence-corrected chi connectivity index (χ1v) is 25.0. The normalized spacial score (nSPS) is 20.5. The Morgan fingerprint density at radius 2 is 0.953 bits per heavy atom. The average Bonchev–Trinajstić information content (AvgIpc) is 3.30. The lowest BCUT2D eigenvalue weighted by molar-refractivity contribution is -0.305. The zero-order valence-corrected chi connectivity index (χ0v) is 40.0. The van der Waals surface area contributed by atoms with E-state index in [9.17, 15) is 25.2 Å². The minimum absolute atomic E-state index is 0.0999. The van der Waals surface area contributed by atoms with Crippen molar-refractivity contribution in [3.63, 3.8) is 0 Å². The van der Waals surface area contributed by atoms with Crippen LogP contribution in [0.3, 0.4) is 0 Å². The van der Waals surface area contributed by atoms with E-state index in [1.807, 2.05) is 12.2 Å². The Labute approximate surface area is 389 Å². The molecule has 9 heteroatoms. The quantitative estimate of drug-likeness (QED) is 0.0269. The van der Waals surface area contributed by atoms with Crippen LogP contribution in [0.4, 0.5) is 0 Å². The van der Waals surface area contributed by atoms with Gasteiger partial charge in [-0.15, -0.1) is 0 Å². The Balaban J connectivity index is 2.30. The molecule has 0 amide bonds. The Morgan fingerprint density at radius 1 is 0.516 bits per heavy atom. The standard InChI is InChI=1S/C55H90O9/c1-3-5-7-9-11-13-15-17-19-21-23-24-25-27-29-31-33-35-37-39-41-43-45-61-47-49(48-62-55-54(60)53(59)52(58)50(46-56)64-55)63-51(57)44-42-40-38-36-34-32-30-28-26-22-20-18-16-14-12-10-8-6-4-2/h6,8,12,14-15,17-18,20-21,23,25-28,32,34,38,40,49-50,52-56,58-60H,3-5,7,9-11,13,16,19,22,24,29-31,33,35-37,39,41-48H2,1-2H3/b8-6-,14-12-,17-15-,20-18-,23-21-,27-25-,28-26-,34-32-,40-38-. The zero-order chi connectivity index (χ0) is 46.4. The van der Waals surface area contributed by atoms with Crippen molar-refractivity contribution in [2.24, 2.45) is 0 Å². The summed E-state index contributed by atoms with van der Waals surface area (Å²) in [5, 5.41) is 40.2. The van der Waals surface area contributed by atoms with Crippen molar-refractivity contribution >= 4 is 5.97 Å². The van der Waals surface area contributed by atoms with Crippen LogP contribution in [-0.2, 0) is 23.7 Å². The van der Waals surface area contributed by atoms with Gasteiger partial charge in [-0.25, -0.2) is 0 Å². The second-order valence-corrected chi connectivity index (χ2v) is 16.5. The van der Waals surface area contributed by atoms with Crippen molar-refractivity contribution < 1.29 is 44.2 Å². The fourth-order valence-corrected chi connectivity index (χ4v) is 6.82. The van der Waals surface area contributed by atoms with Gasteiger partial charge >= 0.3 is 5.97 Å². The van der Waals surface area contributed by atoms with Gasteiger partial charge in [0.15, 0.2) is 6.29 Å². The molecule has 0 aromatic carbocycles. The fraction of sp³-hybridized carbons (Fsp3) is 0.655. The smallest absolute Gasteiger partial charge is 0.306 e. The van der Waals surface area contributed by atoms with Crippen LogP contribution in [0.1, 0.15) is 168 Å². The van der Waals surface area contributed by atoms with E-state index in [0.29, 0.717) is 13.0 Å². The molecule has 0 bridgehead atoms. The highest BCUT2D eigenvalue weighted by molar-refractivity contribution is 5.69. The molecular weight excluding hydrogens is 805 g/mol. The zero-order valence-electron chi connectivity index (χ0n) is 40.0. The number of carbonyl (C=O) groups excluding carboxylic acids is 1. The molecule has 1 rings (SSSR count). The Kier molecular flexibility index (Phi) is 41.4. The minimum Gasteiger partial charge on any atom is -0.457 e. The Morgan fingerprint density at radius 3 is 1.44 bits per heavy atom. The van der Waals surface area contributed by atoms with E-state index >= 15 is 0 Å². The highest BCUT2D eigenvalue weighted by atomic mass is 16.7. The Hall–Kier alpha value is -3.15. The van der Waals surface area contributed by atoms with Crippen molar-refractivity contribution in [1.82, 2.24) is 0 Å². The molecule has 6 unspecified atom stereocenters. The van der Waals surface area contributed by atoms with Crippen molar-refractivity contribution in [2.45, 2.75) is 205 Å². The number of esters is 1. The van der Waals surface area contributed by atoms with E-state index in [2.05, 4.69) is 111 Å². The summed E-state index contributed by atoms with van der Waals surface area (Å²) in [4.78, 5) is 12.8. The summed E-state index contributed by atoms with van der Waals surface area (Å²) in [7, 11) is 0. The SMILES string of the molecule is CC/C=C\C/C=C\C/C=C\C/C=C\C/C=C\C/C=C\CCC(=O)OC(COCCCCCCCCC/C=C\C/C=C\C/C=C\CCCCCCC)COC1OC(CO)C(O)C(O)C1O. The van der Waals surface area contributed by atoms with Crippen LogP contribution >= 0.6 is 0 Å². The van der Waals surface area contributed by atoms with Gasteiger partial charge in [0.05, 0.1) is 19.8 Å². The number of unbranched alkanes of at least 4 members (excludes halogenated alkanes) is 12. The summed E-state index contributed by atoms with van der Waals surface area (Å²) >= 11 is 0. The van der Waals surface area contributed by atoms with Crippen molar-refractivity contribution in [3.8, 4) is 0 Å². The molecule has 4 N–H and O–H groups in total. The van der Waals surface area contributed by atoms with Crippen LogP contribution in [0.5, 0.6) is 0 Å². The van der Waals surface area contributed by atoms with Crippen molar-refractivity contribution in [1.29, 1.82) is 0 Å². The molecule has 0 radical (unpaired) electrons. The molecule has 1 aliphatic rings. The lowest BCUT2D eigenvalue weighted by Crippen LogP contribution is -2.59. The van der Waals surface area contributed by atoms with Gasteiger partial charge < -0.3 is 39.4 Å². The number of rotatable bonds is 41. The average molecular weight is 895 g/mol. The van der Waals surface area contributed by atoms with Gasteiger partial charge in [0.1, 0.15) is 30.5 Å². The van der Waals surface area contributed by atoms with Crippen LogP contribution in [-0.4, -0.2) is 89.6 Å². The highest BCUT2D eigenvalue weighted by Crippen LogP contribution is 2.22. The summed E-state index contributed by atoms with van der Waals surface area (Å²) in [6.45, 7) is 4.30. The third-order valence-corrected chi connectivity index (χ3v) is 10.7. The predicted molar refractivity (Wildman–Crippen MR) is 265 cm³/mol. The van der Waals surface area contributed by atoms with Gasteiger partial charge in [-0.05, 0) is 89.9 Å². The number of aliphatic hydroxyl groups is 4. The van der Waals surface area contributed by atoms with Crippen LogP contribution in [0.2, 0.25) is 0 Å². The van der Waals surface area contributed by atoms with E-state index in [4.69, 9.17) is 18.9 Å². The van der Waals surface area contributed by atoms with Crippen molar-refractivity contribution in [2.75, 3.05) is 26.4 Å². The molecule has 0 aromatic heterocycles. The number of ether oxygens (including phenoxy) is 4. The van der Waals surface area contributed by atoms with E-state index in [-0.39, 0.29) is 19.6 Å². The third kappa shape index (κ3) is 35.2. The largest absolute Gasteiger partial charge is 0.457 e. The van der Waals surface area contributed by atoms with E-state index in [0.717, 1.165) is 77.0 Å². The molecule has 0 aliphatic carbocycles. The molecule has 0 aromatic rings. The highest BCUT2D eigenvalue weighted by Gasteiger charge is 2.44. The van der Waals surface area contributed by atoms with Crippen molar-refractivity contribution in [3.05, 3.63) is 109 Å². The topological polar surface area (TPSA) is 135 Å². The maximum atomic E-state index is 12.8. The maximum Gasteiger partial charge on any atom is 0.306 e. The first kappa shape index (κ1) is 58.9. The first-order chi connectivity index (χ1) is 31.4. The van der Waals surface area contributed by atoms with Gasteiger partial charge in [0.25, 0.3) is 0 Å². The molecule has 1 fully saturated rings. The molecule has 0 saturated carbocycles. The number of hydrogen-bond acceptors (Lipinski definition) is 9. The molecule has 1 aliphatic heterocycles. The lowest BCUT2D eigenvalue weighted by Gasteiger charge is -2.39. The number of hydrogen-bond donors (Lipinski definition) is 4. The van der Waals surface area contributed by atoms with Gasteiger partial charge in [0, 0.05) is 13.0 Å². The molecule has 64 heavy (non-hydrogen) atoms. The van der Waals surface area contributed by atoms with E-state index in [1.54, 1.807) is 0 Å². The molecule has 9 nitrogen and oxygen atoms in total. The summed E-state index contributed by atoms with van der Waals surface area (Å²) < 4.78 is 22.8. The van der Waals surface area contributed by atoms with Gasteiger partial charge in [-0.3, -0.25) is 4.79 Å². The Bertz CT molecular complexity index is 1340. The maximum absolute atomic E-state index is 12.8. The molecular formula is C55H90O9. The van der Waals surface area contributed by atoms with E-state index < -0.39 is 49.4 Å². The van der Waals surface area contributed by atoms with Crippen LogP contribution in [0.15, 0.2) is 109 Å². The van der Waals surface area contributed by atoms with Crippen LogP contribution in [0, 0.1) is 0 Å². The van der Waals surface area contributed by atoms with Gasteiger partial charge in [-0.1, -0.05) is 181 Å². The van der Waals surface area contributed by atoms with Gasteiger partial charge in [-0.2, -0.15) is 0 Å². The third-order valence-electron chi connectivity index (χ3n) is 10.7. The van der Waals surface area contributed by atoms with Gasteiger partial charge in [0.2, 0.25) is 0 Å². The summed E-state index contributed by atoms with van der Waals surface area (Å²) in [6, 6.07) is 0. The monoisotopic (exact) mass is 895 g/mol. The number of allylic oxidation sites excluding steroid dienone is 18. The van der Waals surface area contributed by atoms with Crippen LogP contribution < -0.4 is 0 Å². The van der Waals surface area contributed by atoms with Crippen LogP contribution in [0.25, 0.3) is 0 Å². The first-order valence-electron chi connectivity index (χ1n) is 25.0. The predicted octanol–water partition coefficient (Wildman–Crippen LogP) is 12.1. The molecule has 6 atom stereocenters. The van der Waals surface area contributed by atoms with E-state index in [1.165, 1.54) is 64.2 Å². The number of aliphatic hydroxyl groups excluding tert-OH is 4. The molecule has 0 spiro atoms. The lowest BCUT2D eigenvalue weighted by atomic mass is 9.99. The number of carbonyl (C=O) groups is 1. The summed E-state index contributed by atoms with van der Waals surface area (Å²) in [5.41, 5.74) is 0. The second kappa shape index (κ2) is 45.0. The molecule has 1 heterocycles. The summed E-state index contributed by atoms with van der Waals surface area (Å²) in [6.07, 6.45) is 57.0. The fourth-order valence-electron chi connectivity index (χ4n) is 6.82. The molecule has 364 valence electrons.